The first-order chi connectivity index (χ1) is 53.9. The molecule has 1 aromatic carbocycles. The fraction of sp³-hybridized carbons (Fsp3) is 0.733. The van der Waals surface area contributed by atoms with Gasteiger partial charge in [0.05, 0.1) is 22.4 Å². The number of nitrogens with zero attached hydrogens (tertiary/aromatic N) is 8. The summed E-state index contributed by atoms with van der Waals surface area (Å²) in [5, 5.41) is 3.19. The van der Waals surface area contributed by atoms with Crippen molar-refractivity contribution in [3.63, 3.8) is 0 Å². The zero-order valence-corrected chi connectivity index (χ0v) is 71.7. The number of urea groups is 4. The number of aromatic nitrogens is 1. The van der Waals surface area contributed by atoms with Crippen molar-refractivity contribution in [3.05, 3.63) is 39.5 Å². The molecule has 22 heteroatoms. The normalized spacial score (nSPS) is 19.8. The van der Waals surface area contributed by atoms with E-state index in [0.29, 0.717) is 103 Å². The maximum Gasteiger partial charge on any atom is 0.333 e. The SMILES string of the molecule is CCCCC(CC)CN1C(=O)C(=C2NC(C3C(=O)N(CC(CC)CCCC)C(=O)N(CC(CC)CCCC)C3=O)c3cc4c(=C5C(=O)N(CC(CC)CCCC)C(=O)N(CC(CC)CCCC)C5=O)[nH]c(=C5C(=O)N(CC(CC)CCCC)C(=O)N(CC(CC)CCCC)C5=O)c4cc32)C(=O)N(CC(CC)CCCC)C1=O. The lowest BCUT2D eigenvalue weighted by Gasteiger charge is -2.41. The van der Waals surface area contributed by atoms with Crippen LogP contribution in [0.1, 0.15) is 333 Å². The number of hydrogen-bond acceptors (Lipinski definition) is 13. The first kappa shape index (κ1) is 91.7. The van der Waals surface area contributed by atoms with E-state index in [9.17, 15) is 0 Å². The zero-order chi connectivity index (χ0) is 82.2. The molecule has 1 aromatic heterocycles. The van der Waals surface area contributed by atoms with Gasteiger partial charge in [-0.05, 0) is 116 Å². The smallest absolute Gasteiger partial charge is 0.333 e. The number of hydrogen-bond donors (Lipinski definition) is 2. The highest BCUT2D eigenvalue weighted by atomic mass is 16.2. The first-order valence-corrected chi connectivity index (χ1v) is 44.6. The van der Waals surface area contributed by atoms with E-state index >= 15 is 57.5 Å². The van der Waals surface area contributed by atoms with Gasteiger partial charge in [0.1, 0.15) is 22.6 Å². The summed E-state index contributed by atoms with van der Waals surface area (Å²) in [6, 6.07) is -1.41. The van der Waals surface area contributed by atoms with E-state index in [1.54, 1.807) is 12.1 Å². The third-order valence-corrected chi connectivity index (χ3v) is 25.5. The van der Waals surface area contributed by atoms with Crippen LogP contribution in [-0.2, 0) is 38.4 Å². The summed E-state index contributed by atoms with van der Waals surface area (Å²) in [5.74, 6) is -10.3. The maximum absolute atomic E-state index is 16.3. The van der Waals surface area contributed by atoms with Crippen molar-refractivity contribution >= 4 is 99.0 Å². The van der Waals surface area contributed by atoms with Crippen LogP contribution in [0.5, 0.6) is 0 Å². The average Bonchev–Trinajstić information content (AvgIpc) is 1.55. The number of amides is 16. The molecule has 7 rings (SSSR count). The van der Waals surface area contributed by atoms with Crippen molar-refractivity contribution in [2.75, 3.05) is 52.4 Å². The van der Waals surface area contributed by atoms with Crippen LogP contribution in [0.4, 0.5) is 19.2 Å². The second-order valence-electron chi connectivity index (χ2n) is 33.3. The van der Waals surface area contributed by atoms with Crippen molar-refractivity contribution in [3.8, 4) is 0 Å². The number of unbranched alkanes of at least 4 members (excludes halogenated alkanes) is 8. The van der Waals surface area contributed by atoms with Gasteiger partial charge in [-0.1, -0.05) is 265 Å². The molecule has 0 saturated carbocycles. The largest absolute Gasteiger partial charge is 0.376 e. The molecule has 624 valence electrons. The van der Waals surface area contributed by atoms with Gasteiger partial charge in [0.15, 0.2) is 0 Å². The van der Waals surface area contributed by atoms with Crippen molar-refractivity contribution in [1.82, 2.24) is 49.5 Å². The molecule has 9 atom stereocenters. The highest BCUT2D eigenvalue weighted by Crippen LogP contribution is 2.45. The number of benzene rings is 1. The van der Waals surface area contributed by atoms with Crippen molar-refractivity contribution in [1.29, 1.82) is 0 Å². The molecule has 6 heterocycles. The Labute approximate surface area is 670 Å². The fourth-order valence-electron chi connectivity index (χ4n) is 17.4. The molecule has 0 bridgehead atoms. The minimum absolute atomic E-state index is 0.0102. The molecule has 5 aliphatic heterocycles. The maximum atomic E-state index is 16.3. The number of H-pyrrole nitrogens is 1. The number of nitrogens with one attached hydrogen (secondary N) is 2. The summed E-state index contributed by atoms with van der Waals surface area (Å²) < 4.78 is 0. The molecule has 2 N–H and O–H groups in total. The molecule has 4 saturated heterocycles. The van der Waals surface area contributed by atoms with Crippen molar-refractivity contribution in [2.24, 2.45) is 53.3 Å². The Morgan fingerprint density at radius 1 is 0.286 bits per heavy atom. The summed E-state index contributed by atoms with van der Waals surface area (Å²) in [6.07, 6.45) is 23.6. The second kappa shape index (κ2) is 44.4. The van der Waals surface area contributed by atoms with E-state index < -0.39 is 100 Å². The quantitative estimate of drug-likeness (QED) is 0.0355. The molecule has 2 aromatic rings. The van der Waals surface area contributed by atoms with Crippen LogP contribution in [0, 0.1) is 53.3 Å². The minimum Gasteiger partial charge on any atom is -0.376 e. The van der Waals surface area contributed by atoms with Crippen LogP contribution in [0.25, 0.3) is 27.6 Å². The first-order valence-electron chi connectivity index (χ1n) is 44.6. The molecule has 112 heavy (non-hydrogen) atoms. The monoisotopic (exact) mass is 1560 g/mol. The third kappa shape index (κ3) is 20.9. The van der Waals surface area contributed by atoms with Crippen LogP contribution in [-0.4, -0.2) is 168 Å². The lowest BCUT2D eigenvalue weighted by molar-refractivity contribution is -0.152. The molecule has 9 unspecified atom stereocenters. The van der Waals surface area contributed by atoms with Crippen LogP contribution in [0.3, 0.4) is 0 Å². The van der Waals surface area contributed by atoms with Gasteiger partial charge in [-0.25, -0.2) is 19.2 Å². The summed E-state index contributed by atoms with van der Waals surface area (Å²) in [6.45, 7) is 32.4. The Morgan fingerprint density at radius 3 is 0.732 bits per heavy atom. The number of aromatic amines is 1. The lowest BCUT2D eigenvalue weighted by Crippen LogP contribution is -2.63. The van der Waals surface area contributed by atoms with Gasteiger partial charge in [0.2, 0.25) is 11.8 Å². The molecule has 22 nitrogen and oxygen atoms in total. The van der Waals surface area contributed by atoms with Gasteiger partial charge in [0, 0.05) is 68.7 Å². The number of fused-ring (bicyclic) bond motifs is 2. The van der Waals surface area contributed by atoms with Gasteiger partial charge in [-0.3, -0.25) is 77.6 Å². The van der Waals surface area contributed by atoms with Crippen LogP contribution in [0.15, 0.2) is 17.7 Å². The highest BCUT2D eigenvalue weighted by molar-refractivity contribution is 6.48. The molecule has 0 spiro atoms. The van der Waals surface area contributed by atoms with E-state index in [1.807, 2.05) is 55.4 Å². The van der Waals surface area contributed by atoms with Gasteiger partial charge in [-0.15, -0.1) is 0 Å². The number of carbonyl (C=O) groups is 12. The van der Waals surface area contributed by atoms with E-state index in [0.717, 1.165) is 132 Å². The fourth-order valence-corrected chi connectivity index (χ4v) is 17.4. The Kier molecular flexibility index (Phi) is 36.3. The molecular weight excluding hydrogens is 1410 g/mol. The Bertz CT molecular complexity index is 3630. The molecule has 4 fully saturated rings. The Balaban J connectivity index is 1.78. The molecule has 16 amide bonds. The molecular formula is C90H142N10O12. The van der Waals surface area contributed by atoms with Crippen molar-refractivity contribution in [2.45, 2.75) is 322 Å². The number of barbiturate groups is 4. The standard InChI is InChI=1S/C90H142N10O12/c1-17-33-41-59(25-9)51-93-79(101)71(80(102)94(87(93)109)52-60(26-10)42-34-18-2)75-67-49-69-70(50-68(67)76(91-75)72-81(103)95(53-61(27-11)43-35-19-3)88(110)96(82(72)104)54-62(28-12)44-36-20-4)78(74-85(107)99(57-65(31-15)47-39-23-7)90(112)100(86(74)108)58-66(32-16)48-40-24-8)92-77(69)73-83(105)97(55-63(29-13)45-37-21-5)89(111)98(84(73)106)56-64(30-14)46-38-22-6/h49-50,59-66,71,75,91-92H,17-48,51-58H2,1-16H3. The molecule has 0 radical (unpaired) electrons. The predicted molar refractivity (Wildman–Crippen MR) is 442 cm³/mol. The van der Waals surface area contributed by atoms with Crippen molar-refractivity contribution < 1.29 is 57.5 Å². The summed E-state index contributed by atoms with van der Waals surface area (Å²) in [5.41, 5.74) is -1.37. The lowest BCUT2D eigenvalue weighted by atomic mass is 9.86. The number of carbonyl (C=O) groups excluding carboxylic acids is 12. The minimum atomic E-state index is -1.78. The van der Waals surface area contributed by atoms with Crippen LogP contribution >= 0.6 is 0 Å². The van der Waals surface area contributed by atoms with E-state index in [4.69, 9.17) is 0 Å². The third-order valence-electron chi connectivity index (χ3n) is 25.5. The van der Waals surface area contributed by atoms with Gasteiger partial charge in [-0.2, -0.15) is 0 Å². The average molecular weight is 1560 g/mol. The van der Waals surface area contributed by atoms with Gasteiger partial charge in [0.25, 0.3) is 35.4 Å². The topological polar surface area (TPSA) is 259 Å². The van der Waals surface area contributed by atoms with Crippen LogP contribution in [0.2, 0.25) is 0 Å². The number of rotatable bonds is 49. The van der Waals surface area contributed by atoms with Gasteiger partial charge < -0.3 is 10.3 Å². The van der Waals surface area contributed by atoms with E-state index in [1.165, 1.54) is 9.80 Å². The Hall–Kier alpha value is -7.52. The molecule has 5 aliphatic rings. The zero-order valence-electron chi connectivity index (χ0n) is 71.7. The summed E-state index contributed by atoms with van der Waals surface area (Å²) in [7, 11) is 0. The molecule has 0 aliphatic carbocycles. The summed E-state index contributed by atoms with van der Waals surface area (Å²) >= 11 is 0. The highest BCUT2D eigenvalue weighted by Gasteiger charge is 2.55. The van der Waals surface area contributed by atoms with Crippen LogP contribution < -0.4 is 16.0 Å². The Morgan fingerprint density at radius 2 is 0.500 bits per heavy atom. The second-order valence-corrected chi connectivity index (χ2v) is 33.3. The van der Waals surface area contributed by atoms with E-state index in [-0.39, 0.29) is 138 Å². The van der Waals surface area contributed by atoms with E-state index in [2.05, 4.69) is 65.7 Å². The number of imide groups is 8. The summed E-state index contributed by atoms with van der Waals surface area (Å²) in [4.78, 5) is 205. The predicted octanol–water partition coefficient (Wildman–Crippen LogP) is 17.3. The van der Waals surface area contributed by atoms with Gasteiger partial charge >= 0.3 is 24.1 Å².